The van der Waals surface area contributed by atoms with Crippen LogP contribution in [0, 0.1) is 0 Å². The molecule has 0 saturated heterocycles. The number of carbonyl (C=O) groups is 2. The molecule has 0 radical (unpaired) electrons. The van der Waals surface area contributed by atoms with Crippen LogP contribution in [0.3, 0.4) is 0 Å². The van der Waals surface area contributed by atoms with E-state index in [1.54, 1.807) is 0 Å². The van der Waals surface area contributed by atoms with Crippen LogP contribution in [0.15, 0.2) is 85.1 Å². The molecule has 0 aromatic heterocycles. The van der Waals surface area contributed by atoms with Gasteiger partial charge in [0.2, 0.25) is 5.91 Å². The molecule has 3 unspecified atom stereocenters. The van der Waals surface area contributed by atoms with Gasteiger partial charge < -0.3 is 20.3 Å². The topological polar surface area (TPSA) is 95.9 Å². The number of nitrogens with one attached hydrogen (secondary N) is 1. The minimum atomic E-state index is -0.803. The first-order chi connectivity index (χ1) is 28.0. The Morgan fingerprint density at radius 2 is 0.947 bits per heavy atom. The molecule has 0 rings (SSSR count). The van der Waals surface area contributed by atoms with E-state index in [9.17, 15) is 19.8 Å². The monoisotopic (exact) mass is 794 g/mol. The van der Waals surface area contributed by atoms with Gasteiger partial charge in [-0.1, -0.05) is 209 Å². The number of esters is 1. The Kier molecular flexibility index (Phi) is 41.9. The van der Waals surface area contributed by atoms with Crippen LogP contribution in [0.2, 0.25) is 0 Å². The lowest BCUT2D eigenvalue weighted by atomic mass is 10.0. The average Bonchev–Trinajstić information content (AvgIpc) is 3.20. The van der Waals surface area contributed by atoms with Crippen molar-refractivity contribution in [2.45, 2.75) is 219 Å². The van der Waals surface area contributed by atoms with Gasteiger partial charge in [-0.2, -0.15) is 0 Å². The smallest absolute Gasteiger partial charge is 0.306 e. The van der Waals surface area contributed by atoms with Gasteiger partial charge in [0.25, 0.3) is 0 Å². The lowest BCUT2D eigenvalue weighted by Gasteiger charge is -2.24. The van der Waals surface area contributed by atoms with Crippen LogP contribution in [-0.2, 0) is 14.3 Å². The van der Waals surface area contributed by atoms with Gasteiger partial charge in [-0.3, -0.25) is 9.59 Å². The summed E-state index contributed by atoms with van der Waals surface area (Å²) in [4.78, 5) is 26.0. The van der Waals surface area contributed by atoms with E-state index in [-0.39, 0.29) is 24.9 Å². The summed E-state index contributed by atoms with van der Waals surface area (Å²) in [5.74, 6) is -0.549. The van der Waals surface area contributed by atoms with Crippen molar-refractivity contribution in [2.24, 2.45) is 0 Å². The lowest BCUT2D eigenvalue weighted by Crippen LogP contribution is -2.46. The van der Waals surface area contributed by atoms with E-state index in [4.69, 9.17) is 4.74 Å². The van der Waals surface area contributed by atoms with Crippen LogP contribution < -0.4 is 5.32 Å². The first-order valence-corrected chi connectivity index (χ1v) is 23.4. The second-order valence-electron chi connectivity index (χ2n) is 15.5. The first kappa shape index (κ1) is 54.0. The summed E-state index contributed by atoms with van der Waals surface area (Å²) in [6.07, 6.45) is 56.4. The Hall–Kier alpha value is -2.96. The summed E-state index contributed by atoms with van der Waals surface area (Å²) >= 11 is 0. The van der Waals surface area contributed by atoms with Crippen molar-refractivity contribution in [2.75, 3.05) is 6.61 Å². The Balaban J connectivity index is 4.71. The number of hydrogen-bond acceptors (Lipinski definition) is 5. The fourth-order valence-corrected chi connectivity index (χ4v) is 6.62. The summed E-state index contributed by atoms with van der Waals surface area (Å²) in [7, 11) is 0. The Bertz CT molecular complexity index is 1120. The van der Waals surface area contributed by atoms with Gasteiger partial charge in [0.05, 0.1) is 25.2 Å². The average molecular weight is 794 g/mol. The molecule has 1 amide bonds. The molecule has 57 heavy (non-hydrogen) atoms. The second kappa shape index (κ2) is 44.1. The fraction of sp³-hybridized carbons (Fsp3) is 0.686. The predicted molar refractivity (Wildman–Crippen MR) is 245 cm³/mol. The van der Waals surface area contributed by atoms with Gasteiger partial charge in [0, 0.05) is 6.42 Å². The van der Waals surface area contributed by atoms with Crippen LogP contribution >= 0.6 is 0 Å². The molecule has 0 aromatic carbocycles. The van der Waals surface area contributed by atoms with Gasteiger partial charge in [-0.05, 0) is 64.2 Å². The fourth-order valence-electron chi connectivity index (χ4n) is 6.62. The van der Waals surface area contributed by atoms with E-state index in [0.717, 1.165) is 96.3 Å². The van der Waals surface area contributed by atoms with Gasteiger partial charge in [0.1, 0.15) is 6.10 Å². The maximum absolute atomic E-state index is 13.1. The number of rotatable bonds is 40. The minimum absolute atomic E-state index is 0.0434. The Morgan fingerprint density at radius 3 is 1.44 bits per heavy atom. The Morgan fingerprint density at radius 1 is 0.526 bits per heavy atom. The Labute approximate surface area is 351 Å². The van der Waals surface area contributed by atoms with Crippen LogP contribution in [0.4, 0.5) is 0 Å². The molecule has 6 heteroatoms. The third-order valence-corrected chi connectivity index (χ3v) is 10.1. The van der Waals surface area contributed by atoms with Crippen molar-refractivity contribution in [1.29, 1.82) is 0 Å². The van der Waals surface area contributed by atoms with Crippen LogP contribution in [0.25, 0.3) is 0 Å². The maximum Gasteiger partial charge on any atom is 0.306 e. The van der Waals surface area contributed by atoms with Crippen molar-refractivity contribution in [3.63, 3.8) is 0 Å². The quantitative estimate of drug-likeness (QED) is 0.0326. The highest BCUT2D eigenvalue weighted by Crippen LogP contribution is 2.17. The van der Waals surface area contributed by atoms with E-state index >= 15 is 0 Å². The van der Waals surface area contributed by atoms with Crippen molar-refractivity contribution in [1.82, 2.24) is 5.32 Å². The van der Waals surface area contributed by atoms with Gasteiger partial charge in [0.15, 0.2) is 0 Å². The molecular formula is C51H87NO5. The molecular weight excluding hydrogens is 707 g/mol. The summed E-state index contributed by atoms with van der Waals surface area (Å²) in [6, 6.07) is -0.720. The number of ether oxygens (including phenoxy) is 1. The predicted octanol–water partition coefficient (Wildman–Crippen LogP) is 13.6. The van der Waals surface area contributed by atoms with Crippen molar-refractivity contribution in [3.8, 4) is 0 Å². The SMILES string of the molecule is CC/C=C/C=C/C=C\C=C/CCCCCC(=O)OC(CCCCCCC/C=C/C=C/C=C/CC)CC(=O)NC(CO)C(O)CCCCCCCCCCCCCC. The van der Waals surface area contributed by atoms with E-state index in [1.165, 1.54) is 57.8 Å². The van der Waals surface area contributed by atoms with E-state index in [2.05, 4.69) is 80.8 Å². The summed E-state index contributed by atoms with van der Waals surface area (Å²) in [5.41, 5.74) is 0. The summed E-state index contributed by atoms with van der Waals surface area (Å²) in [6.45, 7) is 6.17. The van der Waals surface area contributed by atoms with E-state index in [1.807, 2.05) is 30.4 Å². The van der Waals surface area contributed by atoms with E-state index in [0.29, 0.717) is 19.3 Å². The van der Waals surface area contributed by atoms with Gasteiger partial charge in [-0.15, -0.1) is 0 Å². The number of aliphatic hydroxyl groups is 2. The third-order valence-electron chi connectivity index (χ3n) is 10.1. The second-order valence-corrected chi connectivity index (χ2v) is 15.5. The number of carbonyl (C=O) groups excluding carboxylic acids is 2. The minimum Gasteiger partial charge on any atom is -0.462 e. The molecule has 0 aliphatic heterocycles. The highest BCUT2D eigenvalue weighted by molar-refractivity contribution is 5.77. The van der Waals surface area contributed by atoms with Crippen molar-refractivity contribution >= 4 is 11.9 Å². The molecule has 326 valence electrons. The van der Waals surface area contributed by atoms with Gasteiger partial charge >= 0.3 is 5.97 Å². The zero-order valence-electron chi connectivity index (χ0n) is 36.9. The molecule has 0 fully saturated rings. The van der Waals surface area contributed by atoms with E-state index < -0.39 is 18.2 Å². The number of amides is 1. The third kappa shape index (κ3) is 39.6. The zero-order valence-corrected chi connectivity index (χ0v) is 36.9. The molecule has 0 aliphatic carbocycles. The first-order valence-electron chi connectivity index (χ1n) is 23.4. The maximum atomic E-state index is 13.1. The highest BCUT2D eigenvalue weighted by atomic mass is 16.5. The van der Waals surface area contributed by atoms with Crippen molar-refractivity contribution < 1.29 is 24.5 Å². The largest absolute Gasteiger partial charge is 0.462 e. The molecule has 3 N–H and O–H groups in total. The normalized spacial score (nSPS) is 14.1. The van der Waals surface area contributed by atoms with Crippen LogP contribution in [0.1, 0.15) is 201 Å². The number of allylic oxidation sites excluding steroid dienone is 14. The van der Waals surface area contributed by atoms with Gasteiger partial charge in [-0.25, -0.2) is 0 Å². The standard InChI is InChI=1S/C51H87NO5/c1-4-7-10-13-16-19-22-25-27-30-33-36-39-42-47(57-51(56)44-41-38-35-32-29-26-23-20-17-14-11-8-5-2)45-50(55)52-48(46-53)49(54)43-40-37-34-31-28-24-21-18-15-12-9-6-3/h7-8,10-11,13-14,16-17,19-20,22-23,26,29,47-49,53-54H,4-6,9,12,15,18,21,24-25,27-28,30-46H2,1-3H3,(H,52,55)/b10-7+,11-8+,16-13+,17-14+,22-19+,23-20-,29-26-. The number of hydrogen-bond donors (Lipinski definition) is 3. The summed E-state index contributed by atoms with van der Waals surface area (Å²) < 4.78 is 5.88. The molecule has 6 nitrogen and oxygen atoms in total. The zero-order chi connectivity index (χ0) is 41.7. The van der Waals surface area contributed by atoms with Crippen molar-refractivity contribution in [3.05, 3.63) is 85.1 Å². The molecule has 0 heterocycles. The number of aliphatic hydroxyl groups excluding tert-OH is 2. The molecule has 3 atom stereocenters. The molecule has 0 aromatic rings. The summed E-state index contributed by atoms with van der Waals surface area (Å²) in [5, 5.41) is 23.7. The lowest BCUT2D eigenvalue weighted by molar-refractivity contribution is -0.151. The molecule has 0 spiro atoms. The number of unbranched alkanes of at least 4 members (excludes halogenated alkanes) is 19. The highest BCUT2D eigenvalue weighted by Gasteiger charge is 2.24. The molecule has 0 saturated carbocycles. The molecule has 0 bridgehead atoms. The molecule has 0 aliphatic rings. The van der Waals surface area contributed by atoms with Crippen LogP contribution in [0.5, 0.6) is 0 Å². The van der Waals surface area contributed by atoms with Crippen LogP contribution in [-0.4, -0.2) is 46.9 Å².